The Morgan fingerprint density at radius 3 is 2.63 bits per heavy atom. The van der Waals surface area contributed by atoms with Gasteiger partial charge in [-0.2, -0.15) is 0 Å². The van der Waals surface area contributed by atoms with Gasteiger partial charge in [0.05, 0.1) is 20.3 Å². The SMILES string of the molecule is COc1ccc(NC(=O)[C@@H]2CCCN2)cc1OC.Cl. The number of halogens is 1. The van der Waals surface area contributed by atoms with E-state index >= 15 is 0 Å². The summed E-state index contributed by atoms with van der Waals surface area (Å²) in [5.41, 5.74) is 0.714. The summed E-state index contributed by atoms with van der Waals surface area (Å²) in [6.45, 7) is 0.907. The zero-order valence-corrected chi connectivity index (χ0v) is 11.9. The minimum atomic E-state index is -0.0851. The largest absolute Gasteiger partial charge is 0.493 e. The van der Waals surface area contributed by atoms with Gasteiger partial charge < -0.3 is 20.1 Å². The molecule has 1 heterocycles. The minimum Gasteiger partial charge on any atom is -0.493 e. The summed E-state index contributed by atoms with van der Waals surface area (Å²) in [5.74, 6) is 1.25. The number of hydrogen-bond acceptors (Lipinski definition) is 4. The summed E-state index contributed by atoms with van der Waals surface area (Å²) in [6.07, 6.45) is 1.93. The molecule has 0 aromatic heterocycles. The average molecular weight is 287 g/mol. The van der Waals surface area contributed by atoms with E-state index in [4.69, 9.17) is 9.47 Å². The Morgan fingerprint density at radius 1 is 1.32 bits per heavy atom. The zero-order chi connectivity index (χ0) is 13.0. The van der Waals surface area contributed by atoms with E-state index in [0.717, 1.165) is 19.4 Å². The first kappa shape index (κ1) is 15.6. The van der Waals surface area contributed by atoms with E-state index in [1.165, 1.54) is 0 Å². The number of rotatable bonds is 4. The summed E-state index contributed by atoms with van der Waals surface area (Å²) >= 11 is 0. The van der Waals surface area contributed by atoms with Crippen molar-refractivity contribution in [2.45, 2.75) is 18.9 Å². The molecule has 5 nitrogen and oxygen atoms in total. The van der Waals surface area contributed by atoms with Crippen LogP contribution in [0.15, 0.2) is 18.2 Å². The van der Waals surface area contributed by atoms with Gasteiger partial charge in [0.2, 0.25) is 5.91 Å². The molecule has 1 aliphatic heterocycles. The van der Waals surface area contributed by atoms with Crippen molar-refractivity contribution < 1.29 is 14.3 Å². The van der Waals surface area contributed by atoms with Crippen molar-refractivity contribution in [1.82, 2.24) is 5.32 Å². The lowest BCUT2D eigenvalue weighted by molar-refractivity contribution is -0.117. The number of hydrogen-bond donors (Lipinski definition) is 2. The number of ether oxygens (including phenoxy) is 2. The average Bonchev–Trinajstić information content (AvgIpc) is 2.92. The van der Waals surface area contributed by atoms with Crippen LogP contribution in [0.3, 0.4) is 0 Å². The summed E-state index contributed by atoms with van der Waals surface area (Å²) in [4.78, 5) is 11.9. The monoisotopic (exact) mass is 286 g/mol. The molecule has 2 N–H and O–H groups in total. The highest BCUT2D eigenvalue weighted by molar-refractivity contribution is 5.95. The Bertz CT molecular complexity index is 434. The van der Waals surface area contributed by atoms with E-state index in [0.29, 0.717) is 17.2 Å². The molecular formula is C13H19ClN2O3. The molecule has 0 radical (unpaired) electrons. The van der Waals surface area contributed by atoms with Gasteiger partial charge in [-0.25, -0.2) is 0 Å². The van der Waals surface area contributed by atoms with E-state index in [-0.39, 0.29) is 24.4 Å². The fourth-order valence-electron chi connectivity index (χ4n) is 2.05. The van der Waals surface area contributed by atoms with Crippen molar-refractivity contribution in [3.63, 3.8) is 0 Å². The molecule has 2 rings (SSSR count). The molecule has 1 saturated heterocycles. The highest BCUT2D eigenvalue weighted by Crippen LogP contribution is 2.29. The van der Waals surface area contributed by atoms with E-state index in [2.05, 4.69) is 10.6 Å². The highest BCUT2D eigenvalue weighted by Gasteiger charge is 2.22. The van der Waals surface area contributed by atoms with Crippen LogP contribution >= 0.6 is 12.4 Å². The van der Waals surface area contributed by atoms with Gasteiger partial charge in [0.15, 0.2) is 11.5 Å². The number of methoxy groups -OCH3 is 2. The zero-order valence-electron chi connectivity index (χ0n) is 11.1. The van der Waals surface area contributed by atoms with E-state index in [1.807, 2.05) is 0 Å². The Balaban J connectivity index is 0.00000180. The molecule has 0 unspecified atom stereocenters. The lowest BCUT2D eigenvalue weighted by atomic mass is 10.2. The molecule has 106 valence electrons. The number of carbonyl (C=O) groups excluding carboxylic acids is 1. The normalized spacial score (nSPS) is 17.5. The first-order chi connectivity index (χ1) is 8.74. The van der Waals surface area contributed by atoms with E-state index in [9.17, 15) is 4.79 Å². The van der Waals surface area contributed by atoms with Gasteiger partial charge in [-0.05, 0) is 31.5 Å². The second kappa shape index (κ2) is 7.21. The fraction of sp³-hybridized carbons (Fsp3) is 0.462. The maximum absolute atomic E-state index is 11.9. The summed E-state index contributed by atoms with van der Waals surface area (Å²) < 4.78 is 10.3. The van der Waals surface area contributed by atoms with Crippen LogP contribution in [0.2, 0.25) is 0 Å². The molecule has 1 aromatic rings. The van der Waals surface area contributed by atoms with Gasteiger partial charge in [0.25, 0.3) is 0 Å². The standard InChI is InChI=1S/C13H18N2O3.ClH/c1-17-11-6-5-9(8-12(11)18-2)15-13(16)10-4-3-7-14-10;/h5-6,8,10,14H,3-4,7H2,1-2H3,(H,15,16);1H/t10-;/m0./s1. The van der Waals surface area contributed by atoms with Crippen LogP contribution in [-0.4, -0.2) is 32.7 Å². The van der Waals surface area contributed by atoms with Crippen LogP contribution < -0.4 is 20.1 Å². The quantitative estimate of drug-likeness (QED) is 0.886. The lowest BCUT2D eigenvalue weighted by Crippen LogP contribution is -2.35. The molecule has 6 heteroatoms. The van der Waals surface area contributed by atoms with Crippen molar-refractivity contribution in [2.75, 3.05) is 26.1 Å². The topological polar surface area (TPSA) is 59.6 Å². The summed E-state index contributed by atoms with van der Waals surface area (Å²) in [7, 11) is 3.15. The van der Waals surface area contributed by atoms with Crippen LogP contribution in [0.4, 0.5) is 5.69 Å². The number of carbonyl (C=O) groups is 1. The van der Waals surface area contributed by atoms with Crippen molar-refractivity contribution in [1.29, 1.82) is 0 Å². The van der Waals surface area contributed by atoms with Crippen molar-refractivity contribution in [3.8, 4) is 11.5 Å². The first-order valence-electron chi connectivity index (χ1n) is 6.01. The Hall–Kier alpha value is -1.46. The molecule has 0 aliphatic carbocycles. The maximum atomic E-state index is 11.9. The maximum Gasteiger partial charge on any atom is 0.241 e. The van der Waals surface area contributed by atoms with E-state index in [1.54, 1.807) is 32.4 Å². The van der Waals surface area contributed by atoms with Crippen molar-refractivity contribution >= 4 is 24.0 Å². The molecule has 1 atom stereocenters. The molecule has 1 aromatic carbocycles. The number of anilines is 1. The number of nitrogens with one attached hydrogen (secondary N) is 2. The third-order valence-corrected chi connectivity index (χ3v) is 3.03. The van der Waals surface area contributed by atoms with Crippen LogP contribution in [0.5, 0.6) is 11.5 Å². The second-order valence-electron chi connectivity index (χ2n) is 4.21. The second-order valence-corrected chi connectivity index (χ2v) is 4.21. The molecule has 1 aliphatic rings. The molecule has 0 bridgehead atoms. The Labute approximate surface area is 119 Å². The van der Waals surface area contributed by atoms with Gasteiger partial charge in [0, 0.05) is 11.8 Å². The Kier molecular flexibility index (Phi) is 5.92. The van der Waals surface area contributed by atoms with Crippen LogP contribution in [0.1, 0.15) is 12.8 Å². The van der Waals surface area contributed by atoms with Crippen LogP contribution in [-0.2, 0) is 4.79 Å². The van der Waals surface area contributed by atoms with Crippen LogP contribution in [0.25, 0.3) is 0 Å². The smallest absolute Gasteiger partial charge is 0.241 e. The lowest BCUT2D eigenvalue weighted by Gasteiger charge is -2.13. The third kappa shape index (κ3) is 3.75. The number of amides is 1. The molecular weight excluding hydrogens is 268 g/mol. The van der Waals surface area contributed by atoms with Gasteiger partial charge in [-0.3, -0.25) is 4.79 Å². The molecule has 19 heavy (non-hydrogen) atoms. The minimum absolute atomic E-state index is 0. The summed E-state index contributed by atoms with van der Waals surface area (Å²) in [6, 6.07) is 5.24. The highest BCUT2D eigenvalue weighted by atomic mass is 35.5. The first-order valence-corrected chi connectivity index (χ1v) is 6.01. The van der Waals surface area contributed by atoms with Gasteiger partial charge >= 0.3 is 0 Å². The number of benzene rings is 1. The van der Waals surface area contributed by atoms with Crippen molar-refractivity contribution in [2.24, 2.45) is 0 Å². The van der Waals surface area contributed by atoms with Gasteiger partial charge in [-0.1, -0.05) is 0 Å². The van der Waals surface area contributed by atoms with Gasteiger partial charge in [-0.15, -0.1) is 12.4 Å². The summed E-state index contributed by atoms with van der Waals surface area (Å²) in [5, 5.41) is 6.03. The van der Waals surface area contributed by atoms with E-state index < -0.39 is 0 Å². The Morgan fingerprint density at radius 2 is 2.05 bits per heavy atom. The van der Waals surface area contributed by atoms with Crippen LogP contribution in [0, 0.1) is 0 Å². The predicted octanol–water partition coefficient (Wildman–Crippen LogP) is 1.82. The molecule has 1 fully saturated rings. The van der Waals surface area contributed by atoms with Gasteiger partial charge in [0.1, 0.15) is 0 Å². The molecule has 0 saturated carbocycles. The fourth-order valence-corrected chi connectivity index (χ4v) is 2.05. The molecule has 0 spiro atoms. The third-order valence-electron chi connectivity index (χ3n) is 3.03. The van der Waals surface area contributed by atoms with Crippen molar-refractivity contribution in [3.05, 3.63) is 18.2 Å². The predicted molar refractivity (Wildman–Crippen MR) is 76.4 cm³/mol. The molecule has 1 amide bonds.